The molecule has 1 aromatic rings. The van der Waals surface area contributed by atoms with E-state index in [9.17, 15) is 10.2 Å². The largest absolute Gasteiger partial charge is 0.393 e. The molecule has 0 bridgehead atoms. The van der Waals surface area contributed by atoms with Gasteiger partial charge in [0.25, 0.3) is 0 Å². The molecule has 2 saturated heterocycles. The summed E-state index contributed by atoms with van der Waals surface area (Å²) in [6, 6.07) is 9.33. The van der Waals surface area contributed by atoms with Crippen LogP contribution >= 0.6 is 0 Å². The van der Waals surface area contributed by atoms with Crippen molar-refractivity contribution in [2.45, 2.75) is 44.3 Å². The summed E-state index contributed by atoms with van der Waals surface area (Å²) >= 11 is 0. The van der Waals surface area contributed by atoms with Crippen LogP contribution in [0.15, 0.2) is 30.3 Å². The van der Waals surface area contributed by atoms with Crippen molar-refractivity contribution < 1.29 is 53.8 Å². The molecular weight excluding hydrogens is 356 g/mol. The molecule has 1 aromatic carbocycles. The number of benzene rings is 1. The molecule has 0 aliphatic carbocycles. The van der Waals surface area contributed by atoms with Crippen molar-refractivity contribution in [1.82, 2.24) is 0 Å². The second kappa shape index (κ2) is 9.64. The maximum absolute atomic E-state index is 9.74. The third-order valence-electron chi connectivity index (χ3n) is 3.48. The van der Waals surface area contributed by atoms with E-state index in [4.69, 9.17) is 33.8 Å². The maximum atomic E-state index is 9.74. The molecule has 0 aromatic heterocycles. The van der Waals surface area contributed by atoms with Gasteiger partial charge in [-0.1, -0.05) is 30.3 Å². The Bertz CT molecular complexity index is 530. The highest BCUT2D eigenvalue weighted by molar-refractivity contribution is 5.13. The van der Waals surface area contributed by atoms with E-state index in [-0.39, 0.29) is 13.2 Å². The van der Waals surface area contributed by atoms with Gasteiger partial charge in [-0.05, 0) is 5.56 Å². The highest BCUT2D eigenvalue weighted by Crippen LogP contribution is 2.20. The first-order valence-electron chi connectivity index (χ1n) is 7.85. The van der Waals surface area contributed by atoms with Gasteiger partial charge < -0.3 is 34.3 Å². The lowest BCUT2D eigenvalue weighted by atomic mass is 10.2. The Labute approximate surface area is 148 Å². The first-order chi connectivity index (χ1) is 12.7. The Morgan fingerprint density at radius 2 is 1.42 bits per heavy atom. The van der Waals surface area contributed by atoms with Crippen LogP contribution in [0.2, 0.25) is 0 Å². The van der Waals surface area contributed by atoms with Crippen molar-refractivity contribution in [3.63, 3.8) is 0 Å². The van der Waals surface area contributed by atoms with Crippen LogP contribution < -0.4 is 0 Å². The summed E-state index contributed by atoms with van der Waals surface area (Å²) in [5.74, 6) is 0. The Morgan fingerprint density at radius 3 is 2.12 bits per heavy atom. The molecule has 3 N–H and O–H groups in total. The summed E-state index contributed by atoms with van der Waals surface area (Å²) in [5, 5.41) is 28.1. The van der Waals surface area contributed by atoms with E-state index >= 15 is 0 Å². The lowest BCUT2D eigenvalue weighted by Gasteiger charge is -2.34. The van der Waals surface area contributed by atoms with Crippen molar-refractivity contribution in [1.29, 1.82) is 0 Å². The summed E-state index contributed by atoms with van der Waals surface area (Å²) in [6.45, 7) is -3.05. The number of hydrogen-bond donors (Lipinski definition) is 3. The van der Waals surface area contributed by atoms with Gasteiger partial charge in [0.15, 0.2) is 0 Å². The minimum Gasteiger partial charge on any atom is -0.393 e. The monoisotopic (exact) mass is 376 g/mol. The quantitative estimate of drug-likeness (QED) is 0.512. The van der Waals surface area contributed by atoms with Gasteiger partial charge in [-0.15, -0.1) is 0 Å². The summed E-state index contributed by atoms with van der Waals surface area (Å²) < 4.78 is 21.1. The minimum absolute atomic E-state index is 0.206. The topological polar surface area (TPSA) is 135 Å². The normalized spacial score (nSPS) is 35.3. The van der Waals surface area contributed by atoms with Crippen LogP contribution in [0.1, 0.15) is 5.56 Å². The smallest absolute Gasteiger partial charge is 0.302 e. The first-order valence-corrected chi connectivity index (χ1v) is 7.85. The highest BCUT2D eigenvalue weighted by Gasteiger charge is 2.37. The molecule has 0 radical (unpaired) electrons. The van der Waals surface area contributed by atoms with E-state index in [0.717, 1.165) is 5.56 Å². The van der Waals surface area contributed by atoms with Gasteiger partial charge >= 0.3 is 13.0 Å². The predicted molar refractivity (Wildman–Crippen MR) is 77.9 cm³/mol. The standard InChI is InChI=1S/C15H20O11/c16-6-10-12(17)23-26-15(21-10)20-8-11-13(18)24-25-14(22-11)19-7-9-4-2-1-3-5-9/h1-5,10-18H,6-8H2/t10?,11?,12-,13-,14+,15+/m0/s1. The fourth-order valence-electron chi connectivity index (χ4n) is 2.09. The van der Waals surface area contributed by atoms with Gasteiger partial charge in [0.1, 0.15) is 12.2 Å². The van der Waals surface area contributed by atoms with Crippen LogP contribution in [0.5, 0.6) is 0 Å². The van der Waals surface area contributed by atoms with Crippen LogP contribution in [-0.2, 0) is 45.1 Å². The second-order valence-corrected chi connectivity index (χ2v) is 5.40. The van der Waals surface area contributed by atoms with Crippen LogP contribution in [0, 0.1) is 0 Å². The summed E-state index contributed by atoms with van der Waals surface area (Å²) in [4.78, 5) is 18.7. The molecule has 2 unspecified atom stereocenters. The molecule has 2 aliphatic heterocycles. The summed E-state index contributed by atoms with van der Waals surface area (Å²) in [6.07, 6.45) is -4.89. The SMILES string of the molecule is OCC1O[C@@H](OCC2O[C@@H](OCc3ccccc3)OO[C@@H]2O)OO[C@@H]1O. The Kier molecular flexibility index (Phi) is 7.24. The van der Waals surface area contributed by atoms with Crippen molar-refractivity contribution in [2.24, 2.45) is 0 Å². The molecule has 2 aliphatic rings. The second-order valence-electron chi connectivity index (χ2n) is 5.40. The van der Waals surface area contributed by atoms with Crippen molar-refractivity contribution in [3.8, 4) is 0 Å². The van der Waals surface area contributed by atoms with E-state index in [1.807, 2.05) is 30.3 Å². The van der Waals surface area contributed by atoms with E-state index in [0.29, 0.717) is 0 Å². The lowest BCUT2D eigenvalue weighted by molar-refractivity contribution is -0.555. The lowest BCUT2D eigenvalue weighted by Crippen LogP contribution is -2.49. The molecule has 0 saturated carbocycles. The predicted octanol–water partition coefficient (Wildman–Crippen LogP) is -0.890. The Morgan fingerprint density at radius 1 is 0.808 bits per heavy atom. The van der Waals surface area contributed by atoms with Gasteiger partial charge in [-0.25, -0.2) is 0 Å². The van der Waals surface area contributed by atoms with Gasteiger partial charge in [-0.3, -0.25) is 0 Å². The van der Waals surface area contributed by atoms with Crippen LogP contribution in [0.25, 0.3) is 0 Å². The van der Waals surface area contributed by atoms with Crippen LogP contribution in [0.3, 0.4) is 0 Å². The zero-order valence-electron chi connectivity index (χ0n) is 13.6. The third-order valence-corrected chi connectivity index (χ3v) is 3.48. The summed E-state index contributed by atoms with van der Waals surface area (Å²) in [7, 11) is 0. The van der Waals surface area contributed by atoms with Gasteiger partial charge in [0.05, 0.1) is 19.8 Å². The molecule has 2 heterocycles. The van der Waals surface area contributed by atoms with Gasteiger partial charge in [0, 0.05) is 0 Å². The molecular formula is C15H20O11. The molecule has 0 amide bonds. The maximum Gasteiger partial charge on any atom is 0.302 e. The number of ether oxygens (including phenoxy) is 4. The molecule has 0 spiro atoms. The van der Waals surface area contributed by atoms with E-state index in [2.05, 4.69) is 9.78 Å². The number of hydrogen-bond acceptors (Lipinski definition) is 11. The highest BCUT2D eigenvalue weighted by atomic mass is 17.3. The molecule has 11 heteroatoms. The van der Waals surface area contributed by atoms with Gasteiger partial charge in [0.2, 0.25) is 12.6 Å². The zero-order chi connectivity index (χ0) is 18.4. The molecule has 146 valence electrons. The average molecular weight is 376 g/mol. The molecule has 11 nitrogen and oxygen atoms in total. The third kappa shape index (κ3) is 5.39. The Hall–Kier alpha value is -1.22. The zero-order valence-corrected chi connectivity index (χ0v) is 13.6. The summed E-state index contributed by atoms with van der Waals surface area (Å²) in [5.41, 5.74) is 0.897. The first kappa shape index (κ1) is 19.5. The minimum atomic E-state index is -1.44. The van der Waals surface area contributed by atoms with Gasteiger partial charge in [-0.2, -0.15) is 19.6 Å². The van der Waals surface area contributed by atoms with E-state index in [1.165, 1.54) is 0 Å². The number of aliphatic hydroxyl groups is 3. The fourth-order valence-corrected chi connectivity index (χ4v) is 2.09. The van der Waals surface area contributed by atoms with Crippen molar-refractivity contribution in [2.75, 3.05) is 13.2 Å². The number of aliphatic hydroxyl groups excluding tert-OH is 3. The van der Waals surface area contributed by atoms with Crippen LogP contribution in [0.4, 0.5) is 0 Å². The fraction of sp³-hybridized carbons (Fsp3) is 0.600. The van der Waals surface area contributed by atoms with E-state index < -0.39 is 44.3 Å². The number of rotatable bonds is 7. The molecule has 2 fully saturated rings. The molecule has 26 heavy (non-hydrogen) atoms. The Balaban J connectivity index is 1.43. The molecule has 6 atom stereocenters. The molecule has 3 rings (SSSR count). The van der Waals surface area contributed by atoms with Crippen molar-refractivity contribution in [3.05, 3.63) is 35.9 Å². The van der Waals surface area contributed by atoms with Crippen molar-refractivity contribution >= 4 is 0 Å². The average Bonchev–Trinajstić information content (AvgIpc) is 2.68. The van der Waals surface area contributed by atoms with E-state index in [1.54, 1.807) is 0 Å². The van der Waals surface area contributed by atoms with Crippen LogP contribution in [-0.4, -0.2) is 66.3 Å².